The molecule has 0 aliphatic rings. The van der Waals surface area contributed by atoms with Crippen molar-refractivity contribution < 1.29 is 13.2 Å². The maximum absolute atomic E-state index is 12.1. The van der Waals surface area contributed by atoms with Gasteiger partial charge in [-0.3, -0.25) is 0 Å². The first-order valence-electron chi connectivity index (χ1n) is 6.11. The highest BCUT2D eigenvalue weighted by molar-refractivity contribution is 7.89. The molecule has 0 fully saturated rings. The van der Waals surface area contributed by atoms with E-state index in [0.29, 0.717) is 10.8 Å². The predicted octanol–water partition coefficient (Wildman–Crippen LogP) is 3.35. The second-order valence-electron chi connectivity index (χ2n) is 4.13. The third kappa shape index (κ3) is 4.61. The zero-order chi connectivity index (χ0) is 15.3. The summed E-state index contributed by atoms with van der Waals surface area (Å²) in [6.45, 7) is 0.352. The van der Waals surface area contributed by atoms with Gasteiger partial charge in [-0.05, 0) is 30.3 Å². The molecule has 21 heavy (non-hydrogen) atoms. The van der Waals surface area contributed by atoms with Gasteiger partial charge in [-0.2, -0.15) is 0 Å². The Morgan fingerprint density at radius 3 is 2.43 bits per heavy atom. The number of hydrogen-bond acceptors (Lipinski definition) is 3. The topological polar surface area (TPSA) is 55.4 Å². The van der Waals surface area contributed by atoms with Crippen LogP contribution in [0.3, 0.4) is 0 Å². The number of hydrogen-bond donors (Lipinski definition) is 1. The highest BCUT2D eigenvalue weighted by Crippen LogP contribution is 2.24. The fourth-order valence-corrected chi connectivity index (χ4v) is 3.42. The summed E-state index contributed by atoms with van der Waals surface area (Å²) < 4.78 is 32.0. The van der Waals surface area contributed by atoms with E-state index in [2.05, 4.69) is 4.72 Å². The van der Waals surface area contributed by atoms with Gasteiger partial charge < -0.3 is 4.74 Å². The molecule has 2 aromatic carbocycles. The molecule has 1 N–H and O–H groups in total. The van der Waals surface area contributed by atoms with Gasteiger partial charge in [0.2, 0.25) is 10.0 Å². The summed E-state index contributed by atoms with van der Waals surface area (Å²) in [5, 5.41) is 0.463. The van der Waals surface area contributed by atoms with E-state index in [-0.39, 0.29) is 23.1 Å². The van der Waals surface area contributed by atoms with Crippen molar-refractivity contribution in [2.75, 3.05) is 13.2 Å². The smallest absolute Gasteiger partial charge is 0.242 e. The summed E-state index contributed by atoms with van der Waals surface area (Å²) in [5.41, 5.74) is 0. The van der Waals surface area contributed by atoms with Crippen molar-refractivity contribution in [3.05, 3.63) is 58.6 Å². The number of sulfonamides is 1. The van der Waals surface area contributed by atoms with Gasteiger partial charge in [-0.25, -0.2) is 13.1 Å². The van der Waals surface area contributed by atoms with E-state index in [1.165, 1.54) is 18.2 Å². The largest absolute Gasteiger partial charge is 0.492 e. The van der Waals surface area contributed by atoms with E-state index in [1.807, 2.05) is 18.2 Å². The Hall–Kier alpha value is -1.27. The van der Waals surface area contributed by atoms with E-state index in [1.54, 1.807) is 12.1 Å². The lowest BCUT2D eigenvalue weighted by Gasteiger charge is -2.09. The van der Waals surface area contributed by atoms with E-state index in [0.717, 1.165) is 0 Å². The fourth-order valence-electron chi connectivity index (χ4n) is 1.63. The van der Waals surface area contributed by atoms with Crippen LogP contribution in [0.2, 0.25) is 10.0 Å². The minimum Gasteiger partial charge on any atom is -0.492 e. The van der Waals surface area contributed by atoms with Gasteiger partial charge in [-0.15, -0.1) is 0 Å². The summed E-state index contributed by atoms with van der Waals surface area (Å²) in [6, 6.07) is 13.4. The summed E-state index contributed by atoms with van der Waals surface area (Å²) in [7, 11) is -3.68. The Labute approximate surface area is 133 Å². The standard InChI is InChI=1S/C14H13Cl2NO3S/c15-11-6-7-14(13(16)10-11)21(18,19)17-8-9-20-12-4-2-1-3-5-12/h1-7,10,17H,8-9H2. The molecule has 0 saturated carbocycles. The Morgan fingerprint density at radius 1 is 1.05 bits per heavy atom. The van der Waals surface area contributed by atoms with Gasteiger partial charge in [0.25, 0.3) is 0 Å². The predicted molar refractivity (Wildman–Crippen MR) is 83.6 cm³/mol. The first kappa shape index (κ1) is 16.1. The number of halogens is 2. The van der Waals surface area contributed by atoms with Crippen LogP contribution in [0.25, 0.3) is 0 Å². The zero-order valence-corrected chi connectivity index (χ0v) is 13.3. The molecule has 0 aliphatic heterocycles. The summed E-state index contributed by atoms with van der Waals surface area (Å²) in [6.07, 6.45) is 0. The van der Waals surface area contributed by atoms with Gasteiger partial charge in [0.05, 0.1) is 5.02 Å². The molecule has 4 nitrogen and oxygen atoms in total. The number of para-hydroxylation sites is 1. The Balaban J connectivity index is 1.92. The molecule has 7 heteroatoms. The molecule has 0 unspecified atom stereocenters. The molecule has 0 saturated heterocycles. The molecule has 0 heterocycles. The van der Waals surface area contributed by atoms with Crippen LogP contribution in [-0.2, 0) is 10.0 Å². The highest BCUT2D eigenvalue weighted by Gasteiger charge is 2.17. The number of nitrogens with one attached hydrogen (secondary N) is 1. The lowest BCUT2D eigenvalue weighted by Crippen LogP contribution is -2.28. The SMILES string of the molecule is O=S(=O)(NCCOc1ccccc1)c1ccc(Cl)cc1Cl. The maximum atomic E-state index is 12.1. The molecule has 0 radical (unpaired) electrons. The minimum atomic E-state index is -3.68. The van der Waals surface area contributed by atoms with Crippen LogP contribution >= 0.6 is 23.2 Å². The molecule has 2 rings (SSSR count). The lowest BCUT2D eigenvalue weighted by atomic mass is 10.3. The Morgan fingerprint density at radius 2 is 1.76 bits per heavy atom. The molecule has 0 bridgehead atoms. The second kappa shape index (κ2) is 7.13. The van der Waals surface area contributed by atoms with Crippen LogP contribution < -0.4 is 9.46 Å². The van der Waals surface area contributed by atoms with Gasteiger partial charge in [-0.1, -0.05) is 41.4 Å². The van der Waals surface area contributed by atoms with Crippen LogP contribution in [0, 0.1) is 0 Å². The Bertz CT molecular complexity index is 705. The van der Waals surface area contributed by atoms with E-state index in [4.69, 9.17) is 27.9 Å². The zero-order valence-electron chi connectivity index (χ0n) is 10.9. The first-order valence-corrected chi connectivity index (χ1v) is 8.35. The van der Waals surface area contributed by atoms with Crippen molar-refractivity contribution in [1.29, 1.82) is 0 Å². The minimum absolute atomic E-state index is 0.00622. The third-order valence-corrected chi connectivity index (χ3v) is 4.77. The first-order chi connectivity index (χ1) is 9.99. The average molecular weight is 346 g/mol. The monoisotopic (exact) mass is 345 g/mol. The molecule has 0 aliphatic carbocycles. The summed E-state index contributed by atoms with van der Waals surface area (Å²) in [4.78, 5) is -0.00622. The van der Waals surface area contributed by atoms with Crippen LogP contribution in [0.1, 0.15) is 0 Å². The van der Waals surface area contributed by atoms with E-state index >= 15 is 0 Å². The molecule has 0 spiro atoms. The normalized spacial score (nSPS) is 11.3. The number of ether oxygens (including phenoxy) is 1. The van der Waals surface area contributed by atoms with Crippen molar-refractivity contribution >= 4 is 33.2 Å². The number of benzene rings is 2. The van der Waals surface area contributed by atoms with Gasteiger partial charge in [0.15, 0.2) is 0 Å². The van der Waals surface area contributed by atoms with E-state index in [9.17, 15) is 8.42 Å². The molecular weight excluding hydrogens is 333 g/mol. The van der Waals surface area contributed by atoms with Crippen LogP contribution in [0.5, 0.6) is 5.75 Å². The average Bonchev–Trinajstić information content (AvgIpc) is 2.44. The highest BCUT2D eigenvalue weighted by atomic mass is 35.5. The summed E-state index contributed by atoms with van der Waals surface area (Å²) >= 11 is 11.6. The van der Waals surface area contributed by atoms with Crippen molar-refractivity contribution in [3.63, 3.8) is 0 Å². The van der Waals surface area contributed by atoms with Crippen LogP contribution in [0.4, 0.5) is 0 Å². The molecule has 0 aromatic heterocycles. The second-order valence-corrected chi connectivity index (χ2v) is 6.71. The van der Waals surface area contributed by atoms with Crippen LogP contribution in [0.15, 0.2) is 53.4 Å². The van der Waals surface area contributed by atoms with E-state index < -0.39 is 10.0 Å². The van der Waals surface area contributed by atoms with Gasteiger partial charge >= 0.3 is 0 Å². The maximum Gasteiger partial charge on any atom is 0.242 e. The van der Waals surface area contributed by atoms with Crippen molar-refractivity contribution in [1.82, 2.24) is 4.72 Å². The molecular formula is C14H13Cl2NO3S. The third-order valence-electron chi connectivity index (χ3n) is 2.59. The van der Waals surface area contributed by atoms with Crippen molar-refractivity contribution in [3.8, 4) is 5.75 Å². The molecule has 112 valence electrons. The molecule has 0 amide bonds. The van der Waals surface area contributed by atoms with Gasteiger partial charge in [0.1, 0.15) is 17.3 Å². The summed E-state index contributed by atoms with van der Waals surface area (Å²) in [5.74, 6) is 0.682. The van der Waals surface area contributed by atoms with Crippen molar-refractivity contribution in [2.45, 2.75) is 4.90 Å². The van der Waals surface area contributed by atoms with Crippen LogP contribution in [-0.4, -0.2) is 21.6 Å². The van der Waals surface area contributed by atoms with Gasteiger partial charge in [0, 0.05) is 11.6 Å². The Kier molecular flexibility index (Phi) is 5.47. The fraction of sp³-hybridized carbons (Fsp3) is 0.143. The number of rotatable bonds is 6. The molecule has 0 atom stereocenters. The lowest BCUT2D eigenvalue weighted by molar-refractivity contribution is 0.323. The molecule has 2 aromatic rings. The quantitative estimate of drug-likeness (QED) is 0.816. The van der Waals surface area contributed by atoms with Crippen molar-refractivity contribution in [2.24, 2.45) is 0 Å².